The lowest BCUT2D eigenvalue weighted by Crippen LogP contribution is -2.31. The summed E-state index contributed by atoms with van der Waals surface area (Å²) in [5.41, 5.74) is 2.13. The van der Waals surface area contributed by atoms with Gasteiger partial charge >= 0.3 is 0 Å². The van der Waals surface area contributed by atoms with Gasteiger partial charge in [0.15, 0.2) is 0 Å². The van der Waals surface area contributed by atoms with Crippen molar-refractivity contribution >= 4 is 0 Å². The molecule has 3 rings (SSSR count). The van der Waals surface area contributed by atoms with Crippen LogP contribution in [0.1, 0.15) is 18.7 Å². The summed E-state index contributed by atoms with van der Waals surface area (Å²) in [5, 5.41) is 3.44. The van der Waals surface area contributed by atoms with Crippen LogP contribution >= 0.6 is 0 Å². The minimum absolute atomic E-state index is 0.681. The largest absolute Gasteiger partial charge is 0.367 e. The maximum absolute atomic E-state index is 4.65. The molecule has 94 valence electrons. The number of rotatable bonds is 3. The molecule has 1 aliphatic heterocycles. The summed E-state index contributed by atoms with van der Waals surface area (Å²) in [6.07, 6.45) is 9.27. The number of nitrogens with one attached hydrogen (secondary N) is 2. The first-order valence-electron chi connectivity index (χ1n) is 6.57. The van der Waals surface area contributed by atoms with Crippen molar-refractivity contribution in [2.24, 2.45) is 5.92 Å². The Bertz CT molecular complexity index is 486. The van der Waals surface area contributed by atoms with Gasteiger partial charge in [0.2, 0.25) is 0 Å². The van der Waals surface area contributed by atoms with Crippen molar-refractivity contribution in [3.63, 3.8) is 0 Å². The Labute approximate surface area is 107 Å². The van der Waals surface area contributed by atoms with E-state index in [-0.39, 0.29) is 0 Å². The van der Waals surface area contributed by atoms with E-state index >= 15 is 0 Å². The number of piperidine rings is 1. The Balaban J connectivity index is 1.74. The quantitative estimate of drug-likeness (QED) is 0.865. The van der Waals surface area contributed by atoms with E-state index in [9.17, 15) is 0 Å². The van der Waals surface area contributed by atoms with E-state index in [0.717, 1.165) is 36.6 Å². The van der Waals surface area contributed by atoms with E-state index in [1.807, 2.05) is 30.7 Å². The standard InChI is InChI=1S/C14H18N4/c1-2-11(9-15-5-1)8-14-17-7-4-13(18-14)12-3-6-16-10-12/h3-4,6-7,10-11,15-16H,1-2,5,8-9H2. The summed E-state index contributed by atoms with van der Waals surface area (Å²) < 4.78 is 0. The molecule has 4 heteroatoms. The Kier molecular flexibility index (Phi) is 3.37. The highest BCUT2D eigenvalue weighted by atomic mass is 14.9. The summed E-state index contributed by atoms with van der Waals surface area (Å²) in [6.45, 7) is 2.25. The topological polar surface area (TPSA) is 53.6 Å². The molecular weight excluding hydrogens is 224 g/mol. The Hall–Kier alpha value is -1.68. The second kappa shape index (κ2) is 5.31. The fourth-order valence-electron chi connectivity index (χ4n) is 2.50. The highest BCUT2D eigenvalue weighted by Gasteiger charge is 2.15. The summed E-state index contributed by atoms with van der Waals surface area (Å²) in [4.78, 5) is 12.1. The molecule has 0 saturated carbocycles. The van der Waals surface area contributed by atoms with Gasteiger partial charge in [-0.25, -0.2) is 9.97 Å². The van der Waals surface area contributed by atoms with Crippen molar-refractivity contribution in [2.45, 2.75) is 19.3 Å². The third-order valence-corrected chi connectivity index (χ3v) is 3.47. The lowest BCUT2D eigenvalue weighted by molar-refractivity contribution is 0.371. The minimum Gasteiger partial charge on any atom is -0.367 e. The predicted octanol–water partition coefficient (Wildman–Crippen LogP) is 2.01. The Morgan fingerprint density at radius 2 is 2.33 bits per heavy atom. The molecule has 3 heterocycles. The van der Waals surface area contributed by atoms with Crippen molar-refractivity contribution in [3.8, 4) is 11.3 Å². The summed E-state index contributed by atoms with van der Waals surface area (Å²) in [6, 6.07) is 4.00. The van der Waals surface area contributed by atoms with Gasteiger partial charge in [-0.2, -0.15) is 0 Å². The second-order valence-corrected chi connectivity index (χ2v) is 4.87. The van der Waals surface area contributed by atoms with E-state index in [0.29, 0.717) is 5.92 Å². The molecule has 1 unspecified atom stereocenters. The van der Waals surface area contributed by atoms with Gasteiger partial charge in [0.05, 0.1) is 5.69 Å². The molecule has 0 aromatic carbocycles. The van der Waals surface area contributed by atoms with Crippen molar-refractivity contribution in [3.05, 3.63) is 36.5 Å². The van der Waals surface area contributed by atoms with Crippen LogP contribution in [0.4, 0.5) is 0 Å². The van der Waals surface area contributed by atoms with Gasteiger partial charge in [0.25, 0.3) is 0 Å². The normalized spacial score (nSPS) is 19.9. The third kappa shape index (κ3) is 2.59. The Morgan fingerprint density at radius 3 is 3.11 bits per heavy atom. The average Bonchev–Trinajstić information content (AvgIpc) is 2.94. The van der Waals surface area contributed by atoms with Gasteiger partial charge in [-0.1, -0.05) is 0 Å². The minimum atomic E-state index is 0.681. The molecule has 0 amide bonds. The maximum Gasteiger partial charge on any atom is 0.129 e. The van der Waals surface area contributed by atoms with Crippen LogP contribution in [0.25, 0.3) is 11.3 Å². The van der Waals surface area contributed by atoms with Crippen LogP contribution < -0.4 is 5.32 Å². The smallest absolute Gasteiger partial charge is 0.129 e. The SMILES string of the molecule is c1cc(-c2cc[nH]c2)nc(CC2CCCNC2)n1. The maximum atomic E-state index is 4.65. The second-order valence-electron chi connectivity index (χ2n) is 4.87. The van der Waals surface area contributed by atoms with Gasteiger partial charge in [0.1, 0.15) is 5.82 Å². The van der Waals surface area contributed by atoms with Crippen LogP contribution in [-0.4, -0.2) is 28.0 Å². The monoisotopic (exact) mass is 242 g/mol. The van der Waals surface area contributed by atoms with Crippen LogP contribution in [-0.2, 0) is 6.42 Å². The van der Waals surface area contributed by atoms with Gasteiger partial charge in [-0.3, -0.25) is 0 Å². The van der Waals surface area contributed by atoms with Crippen LogP contribution in [0.3, 0.4) is 0 Å². The van der Waals surface area contributed by atoms with Crippen LogP contribution in [0.5, 0.6) is 0 Å². The van der Waals surface area contributed by atoms with Gasteiger partial charge < -0.3 is 10.3 Å². The number of hydrogen-bond donors (Lipinski definition) is 2. The summed E-state index contributed by atoms with van der Waals surface area (Å²) in [7, 11) is 0. The molecule has 1 saturated heterocycles. The summed E-state index contributed by atoms with van der Waals surface area (Å²) in [5.74, 6) is 1.64. The molecule has 4 nitrogen and oxygen atoms in total. The van der Waals surface area contributed by atoms with E-state index in [4.69, 9.17) is 0 Å². The van der Waals surface area contributed by atoms with Gasteiger partial charge in [0, 0.05) is 30.6 Å². The molecule has 2 aromatic rings. The third-order valence-electron chi connectivity index (χ3n) is 3.47. The zero-order chi connectivity index (χ0) is 12.2. The van der Waals surface area contributed by atoms with Crippen LogP contribution in [0.2, 0.25) is 0 Å². The first-order chi connectivity index (χ1) is 8.92. The molecular formula is C14H18N4. The number of nitrogens with zero attached hydrogens (tertiary/aromatic N) is 2. The zero-order valence-electron chi connectivity index (χ0n) is 10.4. The first kappa shape index (κ1) is 11.4. The summed E-state index contributed by atoms with van der Waals surface area (Å²) >= 11 is 0. The fourth-order valence-corrected chi connectivity index (χ4v) is 2.50. The molecule has 0 bridgehead atoms. The fraction of sp³-hybridized carbons (Fsp3) is 0.429. The molecule has 2 aromatic heterocycles. The van der Waals surface area contributed by atoms with E-state index < -0.39 is 0 Å². The zero-order valence-corrected chi connectivity index (χ0v) is 10.4. The van der Waals surface area contributed by atoms with E-state index in [1.165, 1.54) is 12.8 Å². The number of H-pyrrole nitrogens is 1. The lowest BCUT2D eigenvalue weighted by atomic mass is 9.96. The van der Waals surface area contributed by atoms with E-state index in [1.54, 1.807) is 0 Å². The van der Waals surface area contributed by atoms with Crippen molar-refractivity contribution < 1.29 is 0 Å². The molecule has 2 N–H and O–H groups in total. The van der Waals surface area contributed by atoms with Crippen molar-refractivity contribution in [1.82, 2.24) is 20.3 Å². The number of hydrogen-bond acceptors (Lipinski definition) is 3. The molecule has 18 heavy (non-hydrogen) atoms. The molecule has 0 spiro atoms. The highest BCUT2D eigenvalue weighted by Crippen LogP contribution is 2.18. The van der Waals surface area contributed by atoms with Crippen molar-refractivity contribution in [2.75, 3.05) is 13.1 Å². The Morgan fingerprint density at radius 1 is 1.33 bits per heavy atom. The molecule has 0 aliphatic carbocycles. The molecule has 0 radical (unpaired) electrons. The van der Waals surface area contributed by atoms with Gasteiger partial charge in [-0.05, 0) is 44.0 Å². The average molecular weight is 242 g/mol. The van der Waals surface area contributed by atoms with Gasteiger partial charge in [-0.15, -0.1) is 0 Å². The first-order valence-corrected chi connectivity index (χ1v) is 6.57. The molecule has 1 atom stereocenters. The highest BCUT2D eigenvalue weighted by molar-refractivity contribution is 5.57. The molecule has 1 aliphatic rings. The van der Waals surface area contributed by atoms with Crippen LogP contribution in [0, 0.1) is 5.92 Å². The number of aromatic nitrogens is 3. The van der Waals surface area contributed by atoms with Crippen molar-refractivity contribution in [1.29, 1.82) is 0 Å². The van der Waals surface area contributed by atoms with Crippen LogP contribution in [0.15, 0.2) is 30.7 Å². The number of aromatic amines is 1. The van der Waals surface area contributed by atoms with E-state index in [2.05, 4.69) is 20.3 Å². The predicted molar refractivity (Wildman–Crippen MR) is 71.1 cm³/mol. The lowest BCUT2D eigenvalue weighted by Gasteiger charge is -2.21. The molecule has 1 fully saturated rings.